The van der Waals surface area contributed by atoms with Gasteiger partial charge in [-0.1, -0.05) is 12.1 Å². The van der Waals surface area contributed by atoms with E-state index in [2.05, 4.69) is 5.32 Å². The van der Waals surface area contributed by atoms with E-state index >= 15 is 0 Å². The number of hydrogen-bond donors (Lipinski definition) is 1. The first-order valence-corrected chi connectivity index (χ1v) is 9.20. The van der Waals surface area contributed by atoms with Crippen molar-refractivity contribution >= 4 is 40.9 Å². The van der Waals surface area contributed by atoms with Crippen LogP contribution in [0.5, 0.6) is 23.0 Å². The van der Waals surface area contributed by atoms with Gasteiger partial charge < -0.3 is 18.9 Å². The van der Waals surface area contributed by atoms with Crippen molar-refractivity contribution in [3.63, 3.8) is 0 Å². The summed E-state index contributed by atoms with van der Waals surface area (Å²) in [5.74, 6) is 0.502. The van der Waals surface area contributed by atoms with Crippen molar-refractivity contribution in [3.05, 3.63) is 47.5 Å². The van der Waals surface area contributed by atoms with Gasteiger partial charge >= 0.3 is 0 Å². The number of carbonyl (C=O) groups is 2. The van der Waals surface area contributed by atoms with Gasteiger partial charge in [0.05, 0.1) is 34.1 Å². The topological polar surface area (TPSA) is 86.3 Å². The summed E-state index contributed by atoms with van der Waals surface area (Å²) in [4.78, 5) is 27.1. The Balaban J connectivity index is 2.11. The first-order chi connectivity index (χ1) is 14.4. The summed E-state index contributed by atoms with van der Waals surface area (Å²) in [6, 6.07) is 10.1. The molecule has 0 saturated carbocycles. The van der Waals surface area contributed by atoms with Crippen LogP contribution in [0, 0.1) is 0 Å². The molecule has 8 nitrogen and oxygen atoms in total. The lowest BCUT2D eigenvalue weighted by Gasteiger charge is -2.29. The zero-order valence-corrected chi connectivity index (χ0v) is 17.7. The Morgan fingerprint density at radius 3 is 2.10 bits per heavy atom. The van der Waals surface area contributed by atoms with Crippen LogP contribution in [-0.2, 0) is 9.59 Å². The first-order valence-electron chi connectivity index (χ1n) is 8.79. The summed E-state index contributed by atoms with van der Waals surface area (Å²) in [6.45, 7) is 0. The van der Waals surface area contributed by atoms with E-state index in [0.717, 1.165) is 0 Å². The monoisotopic (exact) mass is 428 g/mol. The lowest BCUT2D eigenvalue weighted by atomic mass is 10.1. The predicted molar refractivity (Wildman–Crippen MR) is 115 cm³/mol. The summed E-state index contributed by atoms with van der Waals surface area (Å²) in [7, 11) is 5.95. The third kappa shape index (κ3) is 3.79. The zero-order valence-electron chi connectivity index (χ0n) is 16.8. The maximum absolute atomic E-state index is 13.3. The summed E-state index contributed by atoms with van der Waals surface area (Å²) in [5.41, 5.74) is 0.752. The number of nitrogens with one attached hydrogen (secondary N) is 1. The molecule has 1 fully saturated rings. The molecular formula is C21H20N2O6S. The summed E-state index contributed by atoms with van der Waals surface area (Å²) < 4.78 is 21.3. The molecule has 1 aliphatic heterocycles. The quantitative estimate of drug-likeness (QED) is 0.430. The van der Waals surface area contributed by atoms with Crippen LogP contribution in [0.15, 0.2) is 42.0 Å². The number of para-hydroxylation sites is 2. The minimum absolute atomic E-state index is 0.0362. The number of carbonyl (C=O) groups excluding carboxylic acids is 2. The third-order valence-electron chi connectivity index (χ3n) is 4.46. The van der Waals surface area contributed by atoms with Gasteiger partial charge in [0, 0.05) is 11.6 Å². The molecule has 0 spiro atoms. The summed E-state index contributed by atoms with van der Waals surface area (Å²) in [5, 5.41) is 2.51. The van der Waals surface area contributed by atoms with Crippen LogP contribution >= 0.6 is 12.2 Å². The second-order valence-electron chi connectivity index (χ2n) is 6.08. The highest BCUT2D eigenvalue weighted by atomic mass is 32.1. The second-order valence-corrected chi connectivity index (χ2v) is 6.47. The van der Waals surface area contributed by atoms with Crippen LogP contribution in [0.3, 0.4) is 0 Å². The molecule has 1 aliphatic rings. The van der Waals surface area contributed by atoms with E-state index in [9.17, 15) is 9.59 Å². The maximum Gasteiger partial charge on any atom is 0.270 e. The van der Waals surface area contributed by atoms with Crippen molar-refractivity contribution in [2.75, 3.05) is 33.3 Å². The van der Waals surface area contributed by atoms with Crippen molar-refractivity contribution in [2.45, 2.75) is 0 Å². The highest BCUT2D eigenvalue weighted by Gasteiger charge is 2.36. The molecule has 0 radical (unpaired) electrons. The Morgan fingerprint density at radius 2 is 1.47 bits per heavy atom. The van der Waals surface area contributed by atoms with E-state index in [1.807, 2.05) is 0 Å². The van der Waals surface area contributed by atoms with Crippen LogP contribution < -0.4 is 29.2 Å². The Labute approximate surface area is 179 Å². The number of benzene rings is 2. The highest BCUT2D eigenvalue weighted by molar-refractivity contribution is 7.80. The van der Waals surface area contributed by atoms with Crippen molar-refractivity contribution in [2.24, 2.45) is 0 Å². The number of amides is 2. The molecule has 0 aromatic heterocycles. The fourth-order valence-electron chi connectivity index (χ4n) is 3.01. The number of anilines is 1. The fraction of sp³-hybridized carbons (Fsp3) is 0.190. The van der Waals surface area contributed by atoms with Crippen molar-refractivity contribution in [1.29, 1.82) is 0 Å². The number of hydrogen-bond acceptors (Lipinski definition) is 7. The Morgan fingerprint density at radius 1 is 0.867 bits per heavy atom. The van der Waals surface area contributed by atoms with Gasteiger partial charge in [0.25, 0.3) is 11.8 Å². The maximum atomic E-state index is 13.3. The van der Waals surface area contributed by atoms with Crippen LogP contribution in [0.25, 0.3) is 6.08 Å². The smallest absolute Gasteiger partial charge is 0.270 e. The largest absolute Gasteiger partial charge is 0.496 e. The first kappa shape index (κ1) is 21.1. The predicted octanol–water partition coefficient (Wildman–Crippen LogP) is 2.55. The van der Waals surface area contributed by atoms with E-state index < -0.39 is 11.8 Å². The zero-order chi connectivity index (χ0) is 21.8. The molecule has 1 N–H and O–H groups in total. The second kappa shape index (κ2) is 8.83. The minimum Gasteiger partial charge on any atom is -0.496 e. The van der Waals surface area contributed by atoms with Crippen molar-refractivity contribution in [1.82, 2.24) is 5.32 Å². The van der Waals surface area contributed by atoms with E-state index in [-0.39, 0.29) is 10.7 Å². The number of nitrogens with zero attached hydrogens (tertiary/aromatic N) is 1. The Hall–Kier alpha value is -3.59. The van der Waals surface area contributed by atoms with Crippen LogP contribution in [0.4, 0.5) is 5.69 Å². The van der Waals surface area contributed by atoms with Crippen LogP contribution in [-0.4, -0.2) is 45.4 Å². The molecule has 0 bridgehead atoms. The van der Waals surface area contributed by atoms with Crippen molar-refractivity contribution in [3.8, 4) is 23.0 Å². The molecule has 2 amide bonds. The molecule has 156 valence electrons. The van der Waals surface area contributed by atoms with E-state index in [1.54, 1.807) is 36.4 Å². The van der Waals surface area contributed by atoms with E-state index in [0.29, 0.717) is 34.2 Å². The van der Waals surface area contributed by atoms with Gasteiger partial charge in [-0.15, -0.1) is 0 Å². The molecule has 2 aromatic carbocycles. The van der Waals surface area contributed by atoms with Gasteiger partial charge in [-0.2, -0.15) is 0 Å². The SMILES string of the molecule is COc1cc(OC)c(OC)cc1/C=C1\C(=O)NC(=S)N(c2ccccc2OC)C1=O. The number of ether oxygens (including phenoxy) is 4. The lowest BCUT2D eigenvalue weighted by molar-refractivity contribution is -0.122. The molecule has 30 heavy (non-hydrogen) atoms. The molecule has 0 aliphatic carbocycles. The van der Waals surface area contributed by atoms with Gasteiger partial charge in [0.15, 0.2) is 16.6 Å². The van der Waals surface area contributed by atoms with E-state index in [1.165, 1.54) is 39.4 Å². The number of thiocarbonyl (C=S) groups is 1. The number of methoxy groups -OCH3 is 4. The minimum atomic E-state index is -0.618. The van der Waals surface area contributed by atoms with Crippen molar-refractivity contribution < 1.29 is 28.5 Å². The van der Waals surface area contributed by atoms with Gasteiger partial charge in [-0.05, 0) is 36.5 Å². The van der Waals surface area contributed by atoms with Crippen LogP contribution in [0.1, 0.15) is 5.56 Å². The Bertz CT molecular complexity index is 1050. The lowest BCUT2D eigenvalue weighted by Crippen LogP contribution is -2.54. The van der Waals surface area contributed by atoms with Crippen LogP contribution in [0.2, 0.25) is 0 Å². The molecule has 1 heterocycles. The summed E-state index contributed by atoms with van der Waals surface area (Å²) >= 11 is 5.24. The summed E-state index contributed by atoms with van der Waals surface area (Å²) in [6.07, 6.45) is 1.42. The van der Waals surface area contributed by atoms with Gasteiger partial charge in [0.1, 0.15) is 17.1 Å². The average Bonchev–Trinajstić information content (AvgIpc) is 2.76. The third-order valence-corrected chi connectivity index (χ3v) is 4.75. The highest BCUT2D eigenvalue weighted by Crippen LogP contribution is 2.36. The van der Waals surface area contributed by atoms with Gasteiger partial charge in [-0.3, -0.25) is 14.9 Å². The Kier molecular flexibility index (Phi) is 6.22. The molecule has 1 saturated heterocycles. The van der Waals surface area contributed by atoms with E-state index in [4.69, 9.17) is 31.2 Å². The molecule has 2 aromatic rings. The number of rotatable bonds is 6. The molecule has 3 rings (SSSR count). The normalized spacial score (nSPS) is 15.1. The molecular weight excluding hydrogens is 408 g/mol. The van der Waals surface area contributed by atoms with Gasteiger partial charge in [0.2, 0.25) is 0 Å². The average molecular weight is 428 g/mol. The molecule has 0 unspecified atom stereocenters. The fourth-order valence-corrected chi connectivity index (χ4v) is 3.29. The molecule has 9 heteroatoms. The standard InChI is InChI=1S/C21H20N2O6S/c1-26-15-8-6-5-7-14(15)23-20(25)13(19(24)22-21(23)30)9-12-10-17(28-3)18(29-4)11-16(12)27-2/h5-11H,1-4H3,(H,22,24,30)/b13-9+. The van der Waals surface area contributed by atoms with Gasteiger partial charge in [-0.25, -0.2) is 4.90 Å². The molecule has 0 atom stereocenters.